The molecule has 3 heterocycles. The van der Waals surface area contributed by atoms with E-state index in [4.69, 9.17) is 0 Å². The molecule has 12 N–H and O–H groups in total. The van der Waals surface area contributed by atoms with Crippen LogP contribution in [0.25, 0.3) is 23.1 Å². The number of carbonyl (C=O) groups is 7. The molecule has 0 spiro atoms. The van der Waals surface area contributed by atoms with Gasteiger partial charge in [0.2, 0.25) is 29.5 Å². The lowest BCUT2D eigenvalue weighted by molar-refractivity contribution is -0.145. The minimum absolute atomic E-state index is 0.317. The lowest BCUT2D eigenvalue weighted by Crippen LogP contribution is -2.63. The van der Waals surface area contributed by atoms with Crippen LogP contribution in [0.1, 0.15) is 37.3 Å². The Kier molecular flexibility index (Phi) is 17.0. The van der Waals surface area contributed by atoms with Gasteiger partial charge in [0.15, 0.2) is 11.8 Å². The van der Waals surface area contributed by atoms with Crippen molar-refractivity contribution in [2.24, 2.45) is 5.92 Å². The summed E-state index contributed by atoms with van der Waals surface area (Å²) in [5, 5.41) is 70.7. The van der Waals surface area contributed by atoms with Gasteiger partial charge in [0.25, 0.3) is 11.8 Å². The smallest absolute Gasteiger partial charge is 0.268 e. The quantitative estimate of drug-likeness (QED) is 0.0881. The topological polar surface area (TPSA) is 312 Å². The molecule has 346 valence electrons. The highest BCUT2D eigenvalue weighted by Gasteiger charge is 2.49. The molecule has 7 amide bonds. The lowest BCUT2D eigenvalue weighted by atomic mass is 9.91. The minimum atomic E-state index is -2.46. The van der Waals surface area contributed by atoms with Gasteiger partial charge < -0.3 is 67.3 Å². The predicted molar refractivity (Wildman–Crippen MR) is 236 cm³/mol. The van der Waals surface area contributed by atoms with Crippen LogP contribution in [0.5, 0.6) is 0 Å². The Morgan fingerprint density at radius 1 is 0.815 bits per heavy atom. The van der Waals surface area contributed by atoms with Gasteiger partial charge in [-0.15, -0.1) is 0 Å². The van der Waals surface area contributed by atoms with Crippen LogP contribution in [0.2, 0.25) is 0 Å². The maximum Gasteiger partial charge on any atom is 0.268 e. The van der Waals surface area contributed by atoms with Gasteiger partial charge in [0.05, 0.1) is 56.6 Å². The number of likely N-dealkylation sites (N-methyl/N-ethyl adjacent to an activating group) is 1. The van der Waals surface area contributed by atoms with Crippen molar-refractivity contribution in [2.75, 3.05) is 26.7 Å². The Morgan fingerprint density at radius 2 is 1.52 bits per heavy atom. The first-order chi connectivity index (χ1) is 30.9. The van der Waals surface area contributed by atoms with Gasteiger partial charge >= 0.3 is 0 Å². The van der Waals surface area contributed by atoms with Gasteiger partial charge in [0.1, 0.15) is 11.8 Å². The Bertz CT molecular complexity index is 2350. The summed E-state index contributed by atoms with van der Waals surface area (Å²) >= 11 is 0. The molecular formula is C45H54N8O12. The number of benzene rings is 2. The molecule has 8 atom stereocenters. The van der Waals surface area contributed by atoms with Crippen molar-refractivity contribution in [3.05, 3.63) is 108 Å². The highest BCUT2D eigenvalue weighted by Crippen LogP contribution is 2.24. The van der Waals surface area contributed by atoms with E-state index in [9.17, 15) is 59.1 Å². The van der Waals surface area contributed by atoms with Crippen molar-refractivity contribution in [3.63, 3.8) is 0 Å². The zero-order valence-corrected chi connectivity index (χ0v) is 35.6. The molecule has 0 aliphatic carbocycles. The number of carbonyl (C=O) groups excluding carboxylic acids is 7. The summed E-state index contributed by atoms with van der Waals surface area (Å²) in [6.45, 7) is -0.323. The van der Waals surface area contributed by atoms with E-state index in [1.54, 1.807) is 54.8 Å². The summed E-state index contributed by atoms with van der Waals surface area (Å²) in [4.78, 5) is 96.4. The van der Waals surface area contributed by atoms with E-state index < -0.39 is 128 Å². The van der Waals surface area contributed by atoms with Gasteiger partial charge in [-0.05, 0) is 17.7 Å². The third kappa shape index (κ3) is 13.8. The van der Waals surface area contributed by atoms with E-state index >= 15 is 0 Å². The average Bonchev–Trinajstić information content (AvgIpc) is 3.81. The van der Waals surface area contributed by atoms with Crippen LogP contribution in [0.15, 0.2) is 96.9 Å². The number of rotatable bonds is 8. The van der Waals surface area contributed by atoms with Gasteiger partial charge in [-0.25, -0.2) is 0 Å². The van der Waals surface area contributed by atoms with Crippen molar-refractivity contribution >= 4 is 64.4 Å². The molecule has 2 saturated heterocycles. The number of hydrogen-bond donors (Lipinski definition) is 12. The fourth-order valence-corrected chi connectivity index (χ4v) is 7.05. The van der Waals surface area contributed by atoms with Gasteiger partial charge in [-0.1, -0.05) is 91.9 Å². The number of β-amino-alcohol motifs (C(OH)–C–C–N with tert-alkyl or cyclic N) is 1. The molecule has 2 aliphatic heterocycles. The summed E-state index contributed by atoms with van der Waals surface area (Å²) < 4.78 is 0. The number of hydrogen-bond acceptors (Lipinski definition) is 12. The molecule has 65 heavy (non-hydrogen) atoms. The first-order valence-corrected chi connectivity index (χ1v) is 20.7. The SMILES string of the molecule is C[C@@H](/C=C/C=C/C=C/c1ccccc1)[C@H](O)[C@@H](O)[C@H]1NC(=O)C[C@@H](O)CNC(=O)CNC(=O)/C(=C/c2c[nH]c3ccccc23)NC(=O)CN(C)C(=O)C[C@]2(O)NC(=O)C[C@H]2NC(=O)[C@H]1O. The molecule has 3 aromatic rings. The fraction of sp³-hybridized carbons (Fsp3) is 0.356. The van der Waals surface area contributed by atoms with E-state index in [1.807, 2.05) is 36.4 Å². The highest BCUT2D eigenvalue weighted by atomic mass is 16.3. The van der Waals surface area contributed by atoms with E-state index in [1.165, 1.54) is 26.1 Å². The third-order valence-electron chi connectivity index (χ3n) is 10.7. The van der Waals surface area contributed by atoms with Crippen molar-refractivity contribution in [2.45, 2.75) is 68.4 Å². The summed E-state index contributed by atoms with van der Waals surface area (Å²) in [5.74, 6) is -7.50. The summed E-state index contributed by atoms with van der Waals surface area (Å²) in [7, 11) is 1.21. The van der Waals surface area contributed by atoms with Crippen molar-refractivity contribution in [1.82, 2.24) is 41.8 Å². The molecule has 2 aliphatic rings. The maximum atomic E-state index is 13.6. The van der Waals surface area contributed by atoms with Crippen molar-refractivity contribution in [3.8, 4) is 0 Å². The molecule has 2 fully saturated rings. The number of H-pyrrole nitrogens is 1. The number of fused-ring (bicyclic) bond motifs is 2. The lowest BCUT2D eigenvalue weighted by Gasteiger charge is -2.34. The van der Waals surface area contributed by atoms with Gasteiger partial charge in [-0.3, -0.25) is 33.6 Å². The van der Waals surface area contributed by atoms with Crippen LogP contribution in [-0.4, -0.2) is 146 Å². The summed E-state index contributed by atoms with van der Waals surface area (Å²) in [6.07, 6.45) is 3.15. The second-order valence-corrected chi connectivity index (χ2v) is 15.8. The highest BCUT2D eigenvalue weighted by molar-refractivity contribution is 6.05. The zero-order chi connectivity index (χ0) is 47.3. The monoisotopic (exact) mass is 898 g/mol. The number of nitrogens with one attached hydrogen (secondary N) is 7. The first-order valence-electron chi connectivity index (χ1n) is 20.7. The third-order valence-corrected chi connectivity index (χ3v) is 10.7. The minimum Gasteiger partial charge on any atom is -0.391 e. The first kappa shape index (κ1) is 49.1. The standard InChI is InChI=1S/C45H54N8O12/c1-26(12-6-3-4-7-13-27-14-8-5-9-15-27)40(60)41(61)39-42(62)44(64)50-33-20-35(56)52-45(33,65)21-38(59)53(2)25-37(58)49-32(18-28-22-46-31-17-11-10-16-30(28)31)43(63)48-24-36(57)47-23-29(54)19-34(55)51-39/h3-18,22,26,29,33,39-42,46,54,60-62,65H,19-21,23-25H2,1-2H3,(H,47,57)(H,48,63)(H,49,58)(H,50,64)(H,51,55)(H,52,56)/b4-3+,12-6+,13-7+,32-18-/t26-,29+,33+,39+,40-,41-,42-,45+/m0/s1. The molecule has 0 bridgehead atoms. The molecule has 20 heteroatoms. The van der Waals surface area contributed by atoms with Crippen LogP contribution in [0.4, 0.5) is 0 Å². The van der Waals surface area contributed by atoms with E-state index in [0.29, 0.717) is 10.9 Å². The normalized spacial score (nSPS) is 26.0. The average molecular weight is 899 g/mol. The van der Waals surface area contributed by atoms with Crippen LogP contribution in [-0.2, 0) is 33.6 Å². The summed E-state index contributed by atoms with van der Waals surface area (Å²) in [5.41, 5.74) is -0.602. The van der Waals surface area contributed by atoms with Gasteiger partial charge in [-0.2, -0.15) is 0 Å². The molecule has 2 aromatic carbocycles. The molecule has 0 saturated carbocycles. The number of nitrogens with zero attached hydrogens (tertiary/aromatic N) is 1. The number of aliphatic hydroxyl groups excluding tert-OH is 4. The second kappa shape index (κ2) is 22.6. The fourth-order valence-electron chi connectivity index (χ4n) is 7.05. The Hall–Kier alpha value is -6.97. The molecule has 0 unspecified atom stereocenters. The van der Waals surface area contributed by atoms with E-state index in [-0.39, 0.29) is 5.70 Å². The zero-order valence-electron chi connectivity index (χ0n) is 35.6. The predicted octanol–water partition coefficient (Wildman–Crippen LogP) is -1.81. The summed E-state index contributed by atoms with van der Waals surface area (Å²) in [6, 6.07) is 13.1. The van der Waals surface area contributed by atoms with Crippen LogP contribution in [0, 0.1) is 5.92 Å². The Balaban J connectivity index is 1.36. The Morgan fingerprint density at radius 3 is 2.28 bits per heavy atom. The largest absolute Gasteiger partial charge is 0.391 e. The second-order valence-electron chi connectivity index (χ2n) is 15.8. The molecule has 1 aromatic heterocycles. The number of allylic oxidation sites excluding steroid dienone is 4. The van der Waals surface area contributed by atoms with Crippen LogP contribution >= 0.6 is 0 Å². The van der Waals surface area contributed by atoms with E-state index in [2.05, 4.69) is 36.9 Å². The van der Waals surface area contributed by atoms with Crippen molar-refractivity contribution < 1.29 is 59.1 Å². The molecule has 5 rings (SSSR count). The van der Waals surface area contributed by atoms with Crippen LogP contribution < -0.4 is 31.9 Å². The van der Waals surface area contributed by atoms with E-state index in [0.717, 1.165) is 16.0 Å². The molecular weight excluding hydrogens is 845 g/mol. The van der Waals surface area contributed by atoms with Crippen LogP contribution in [0.3, 0.4) is 0 Å². The number of aromatic amines is 1. The molecule has 20 nitrogen and oxygen atoms in total. The Labute approximate surface area is 373 Å². The number of aromatic nitrogens is 1. The molecule has 0 radical (unpaired) electrons. The number of amides is 7. The van der Waals surface area contributed by atoms with Gasteiger partial charge in [0, 0.05) is 42.2 Å². The number of aliphatic hydroxyl groups is 5. The van der Waals surface area contributed by atoms with Crippen molar-refractivity contribution in [1.29, 1.82) is 0 Å². The maximum absolute atomic E-state index is 13.6. The number of para-hydroxylation sites is 1.